The lowest BCUT2D eigenvalue weighted by atomic mass is 10.1. The number of anilines is 1. The molecule has 0 amide bonds. The smallest absolute Gasteiger partial charge is 0.0761 e. The lowest BCUT2D eigenvalue weighted by molar-refractivity contribution is 0.199. The zero-order valence-corrected chi connectivity index (χ0v) is 11.6. The molecular weight excluding hydrogens is 234 g/mol. The molecule has 0 aromatic heterocycles. The second-order valence-electron chi connectivity index (χ2n) is 4.92. The number of hydrogen-bond donors (Lipinski definition) is 1. The third-order valence-corrected chi connectivity index (χ3v) is 3.39. The number of hydrogen-bond acceptors (Lipinski definition) is 2. The summed E-state index contributed by atoms with van der Waals surface area (Å²) in [7, 11) is 2.10. The van der Waals surface area contributed by atoms with Crippen molar-refractivity contribution in [1.82, 2.24) is 0 Å². The van der Waals surface area contributed by atoms with Gasteiger partial charge in [0, 0.05) is 19.3 Å². The van der Waals surface area contributed by atoms with Crippen LogP contribution in [0.25, 0.3) is 0 Å². The second kappa shape index (κ2) is 6.39. The van der Waals surface area contributed by atoms with Gasteiger partial charge in [0.2, 0.25) is 0 Å². The molecule has 0 saturated carbocycles. The topological polar surface area (TPSA) is 23.5 Å². The van der Waals surface area contributed by atoms with Crippen LogP contribution in [0, 0.1) is 0 Å². The van der Waals surface area contributed by atoms with E-state index < -0.39 is 6.10 Å². The molecule has 0 heterocycles. The van der Waals surface area contributed by atoms with E-state index >= 15 is 0 Å². The Morgan fingerprint density at radius 2 is 1.63 bits per heavy atom. The highest BCUT2D eigenvalue weighted by Crippen LogP contribution is 2.18. The minimum Gasteiger partial charge on any atom is -0.389 e. The van der Waals surface area contributed by atoms with Gasteiger partial charge < -0.3 is 10.0 Å². The monoisotopic (exact) mass is 255 g/mol. The first-order chi connectivity index (χ1) is 9.16. The van der Waals surface area contributed by atoms with E-state index in [1.54, 1.807) is 6.92 Å². The van der Waals surface area contributed by atoms with Crippen molar-refractivity contribution < 1.29 is 5.11 Å². The predicted octanol–water partition coefficient (Wildman–Crippen LogP) is 3.42. The summed E-state index contributed by atoms with van der Waals surface area (Å²) in [5.41, 5.74) is 3.50. The summed E-state index contributed by atoms with van der Waals surface area (Å²) >= 11 is 0. The van der Waals surface area contributed by atoms with Crippen LogP contribution in [0.5, 0.6) is 0 Å². The molecular formula is C17H21NO. The SMILES string of the molecule is CC(O)c1ccc(N(C)CCc2ccccc2)cc1. The molecule has 0 aliphatic carbocycles. The van der Waals surface area contributed by atoms with E-state index in [1.807, 2.05) is 18.2 Å². The number of rotatable bonds is 5. The Kier molecular flexibility index (Phi) is 4.58. The Hall–Kier alpha value is -1.80. The van der Waals surface area contributed by atoms with Crippen LogP contribution in [-0.4, -0.2) is 18.7 Å². The lowest BCUT2D eigenvalue weighted by Gasteiger charge is -2.20. The average molecular weight is 255 g/mol. The van der Waals surface area contributed by atoms with Crippen LogP contribution in [0.2, 0.25) is 0 Å². The molecule has 0 spiro atoms. The zero-order chi connectivity index (χ0) is 13.7. The largest absolute Gasteiger partial charge is 0.389 e. The Morgan fingerprint density at radius 3 is 2.21 bits per heavy atom. The standard InChI is InChI=1S/C17H21NO/c1-14(19)16-8-10-17(11-9-16)18(2)13-12-15-6-4-3-5-7-15/h3-11,14,19H,12-13H2,1-2H3. The summed E-state index contributed by atoms with van der Waals surface area (Å²) in [6.45, 7) is 2.77. The first-order valence-electron chi connectivity index (χ1n) is 6.70. The van der Waals surface area contributed by atoms with Gasteiger partial charge in [0.15, 0.2) is 0 Å². The van der Waals surface area contributed by atoms with E-state index in [4.69, 9.17) is 0 Å². The zero-order valence-electron chi connectivity index (χ0n) is 11.6. The molecule has 19 heavy (non-hydrogen) atoms. The maximum atomic E-state index is 9.49. The first-order valence-corrected chi connectivity index (χ1v) is 6.70. The van der Waals surface area contributed by atoms with Crippen molar-refractivity contribution >= 4 is 5.69 Å². The minimum atomic E-state index is -0.399. The van der Waals surface area contributed by atoms with Gasteiger partial charge in [-0.25, -0.2) is 0 Å². The van der Waals surface area contributed by atoms with Crippen LogP contribution in [-0.2, 0) is 6.42 Å². The van der Waals surface area contributed by atoms with Crippen LogP contribution < -0.4 is 4.90 Å². The third-order valence-electron chi connectivity index (χ3n) is 3.39. The number of nitrogens with zero attached hydrogens (tertiary/aromatic N) is 1. The third kappa shape index (κ3) is 3.83. The van der Waals surface area contributed by atoms with Crippen molar-refractivity contribution in [2.75, 3.05) is 18.5 Å². The van der Waals surface area contributed by atoms with Crippen LogP contribution in [0.1, 0.15) is 24.2 Å². The summed E-state index contributed by atoms with van der Waals surface area (Å²) in [5.74, 6) is 0. The van der Waals surface area contributed by atoms with Gasteiger partial charge in [0.1, 0.15) is 0 Å². The number of aliphatic hydroxyl groups is 1. The van der Waals surface area contributed by atoms with Crippen molar-refractivity contribution in [3.05, 3.63) is 65.7 Å². The van der Waals surface area contributed by atoms with Crippen molar-refractivity contribution in [2.45, 2.75) is 19.4 Å². The highest BCUT2D eigenvalue weighted by atomic mass is 16.3. The minimum absolute atomic E-state index is 0.399. The first kappa shape index (κ1) is 13.6. The molecule has 100 valence electrons. The molecule has 0 bridgehead atoms. The van der Waals surface area contributed by atoms with Crippen LogP contribution in [0.4, 0.5) is 5.69 Å². The summed E-state index contributed by atoms with van der Waals surface area (Å²) in [4.78, 5) is 2.23. The highest BCUT2D eigenvalue weighted by Gasteiger charge is 2.04. The summed E-state index contributed by atoms with van der Waals surface area (Å²) in [6, 6.07) is 18.6. The number of aliphatic hydroxyl groups excluding tert-OH is 1. The second-order valence-corrected chi connectivity index (χ2v) is 4.92. The van der Waals surface area contributed by atoms with Crippen molar-refractivity contribution in [2.24, 2.45) is 0 Å². The molecule has 0 fully saturated rings. The quantitative estimate of drug-likeness (QED) is 0.885. The van der Waals surface area contributed by atoms with Crippen LogP contribution >= 0.6 is 0 Å². The molecule has 2 aromatic rings. The summed E-state index contributed by atoms with van der Waals surface area (Å²) in [6.07, 6.45) is 0.638. The molecule has 0 radical (unpaired) electrons. The van der Waals surface area contributed by atoms with Gasteiger partial charge in [-0.05, 0) is 36.6 Å². The Morgan fingerprint density at radius 1 is 1.00 bits per heavy atom. The fourth-order valence-electron chi connectivity index (χ4n) is 2.08. The van der Waals surface area contributed by atoms with Gasteiger partial charge in [-0.1, -0.05) is 42.5 Å². The van der Waals surface area contributed by atoms with E-state index in [1.165, 1.54) is 11.3 Å². The van der Waals surface area contributed by atoms with E-state index in [0.29, 0.717) is 0 Å². The molecule has 0 aliphatic rings. The molecule has 2 heteroatoms. The maximum absolute atomic E-state index is 9.49. The highest BCUT2D eigenvalue weighted by molar-refractivity contribution is 5.47. The molecule has 2 aromatic carbocycles. The van der Waals surface area contributed by atoms with Crippen molar-refractivity contribution in [3.63, 3.8) is 0 Å². The number of likely N-dealkylation sites (N-methyl/N-ethyl adjacent to an activating group) is 1. The van der Waals surface area contributed by atoms with Crippen LogP contribution in [0.3, 0.4) is 0 Å². The summed E-state index contributed by atoms with van der Waals surface area (Å²) < 4.78 is 0. The van der Waals surface area contributed by atoms with Gasteiger partial charge in [-0.3, -0.25) is 0 Å². The normalized spacial score (nSPS) is 12.2. The fourth-order valence-corrected chi connectivity index (χ4v) is 2.08. The van der Waals surface area contributed by atoms with Crippen molar-refractivity contribution in [3.8, 4) is 0 Å². The maximum Gasteiger partial charge on any atom is 0.0761 e. The fraction of sp³-hybridized carbons (Fsp3) is 0.294. The van der Waals surface area contributed by atoms with E-state index in [2.05, 4.69) is 48.3 Å². The average Bonchev–Trinajstić information content (AvgIpc) is 2.46. The van der Waals surface area contributed by atoms with Gasteiger partial charge in [-0.15, -0.1) is 0 Å². The molecule has 2 nitrogen and oxygen atoms in total. The molecule has 0 aliphatic heterocycles. The molecule has 2 rings (SSSR count). The van der Waals surface area contributed by atoms with E-state index in [9.17, 15) is 5.11 Å². The summed E-state index contributed by atoms with van der Waals surface area (Å²) in [5, 5.41) is 9.49. The molecule has 1 atom stereocenters. The molecule has 1 N–H and O–H groups in total. The Balaban J connectivity index is 1.94. The lowest BCUT2D eigenvalue weighted by Crippen LogP contribution is -2.20. The van der Waals surface area contributed by atoms with Gasteiger partial charge in [0.05, 0.1) is 6.10 Å². The van der Waals surface area contributed by atoms with Gasteiger partial charge in [-0.2, -0.15) is 0 Å². The predicted molar refractivity (Wildman–Crippen MR) is 80.5 cm³/mol. The molecule has 1 unspecified atom stereocenters. The molecule has 0 saturated heterocycles. The van der Waals surface area contributed by atoms with Crippen LogP contribution in [0.15, 0.2) is 54.6 Å². The Labute approximate surface area is 115 Å². The number of benzene rings is 2. The Bertz CT molecular complexity index is 490. The van der Waals surface area contributed by atoms with Gasteiger partial charge in [0.25, 0.3) is 0 Å². The van der Waals surface area contributed by atoms with E-state index in [0.717, 1.165) is 18.5 Å². The van der Waals surface area contributed by atoms with Gasteiger partial charge >= 0.3 is 0 Å². The van der Waals surface area contributed by atoms with E-state index in [-0.39, 0.29) is 0 Å². The van der Waals surface area contributed by atoms with Crippen molar-refractivity contribution in [1.29, 1.82) is 0 Å².